The molecule has 1 unspecified atom stereocenters. The van der Waals surface area contributed by atoms with Gasteiger partial charge in [-0.3, -0.25) is 29.4 Å². The number of anilines is 1. The maximum absolute atomic E-state index is 13.4. The highest BCUT2D eigenvalue weighted by molar-refractivity contribution is 6.33. The molecule has 2 N–H and O–H groups in total. The lowest BCUT2D eigenvalue weighted by molar-refractivity contribution is -0.137. The number of nitrogens with one attached hydrogen (secondary N) is 2. The summed E-state index contributed by atoms with van der Waals surface area (Å²) >= 11 is 6.60. The van der Waals surface area contributed by atoms with Crippen LogP contribution in [-0.2, 0) is 20.9 Å². The lowest BCUT2D eigenvalue weighted by Gasteiger charge is -2.38. The highest BCUT2D eigenvalue weighted by atomic mass is 35.5. The maximum atomic E-state index is 13.4. The molecule has 13 nitrogen and oxygen atoms in total. The number of amides is 4. The fourth-order valence-electron chi connectivity index (χ4n) is 9.58. The van der Waals surface area contributed by atoms with Crippen LogP contribution in [0.15, 0.2) is 79.0 Å². The summed E-state index contributed by atoms with van der Waals surface area (Å²) < 4.78 is 6.41. The van der Waals surface area contributed by atoms with Gasteiger partial charge in [0.05, 0.1) is 23.5 Å². The molecule has 61 heavy (non-hydrogen) atoms. The van der Waals surface area contributed by atoms with Crippen molar-refractivity contribution in [3.05, 3.63) is 95.1 Å². The Balaban J connectivity index is 0.675. The molecule has 1 aromatic heterocycles. The number of piperidine rings is 4. The van der Waals surface area contributed by atoms with Gasteiger partial charge in [0, 0.05) is 62.9 Å². The summed E-state index contributed by atoms with van der Waals surface area (Å²) in [5.74, 6) is 1.27. The maximum Gasteiger partial charge on any atom is 0.255 e. The molecule has 0 radical (unpaired) electrons. The third-order valence-corrected chi connectivity index (χ3v) is 13.4. The summed E-state index contributed by atoms with van der Waals surface area (Å²) in [5.41, 5.74) is 5.32. The van der Waals surface area contributed by atoms with Gasteiger partial charge in [-0.05, 0) is 105 Å². The van der Waals surface area contributed by atoms with E-state index < -0.39 is 11.9 Å². The molecule has 6 heterocycles. The van der Waals surface area contributed by atoms with Crippen LogP contribution in [0.2, 0.25) is 5.02 Å². The van der Waals surface area contributed by atoms with Gasteiger partial charge in [-0.15, -0.1) is 0 Å². The number of fused-ring (bicyclic) bond motifs is 1. The molecule has 4 amide bonds. The van der Waals surface area contributed by atoms with Gasteiger partial charge in [-0.25, -0.2) is 9.97 Å². The molecule has 0 bridgehead atoms. The van der Waals surface area contributed by atoms with Crippen LogP contribution in [0.3, 0.4) is 0 Å². The Kier molecular flexibility index (Phi) is 12.3. The van der Waals surface area contributed by atoms with Crippen LogP contribution in [0.1, 0.15) is 67.3 Å². The second kappa shape index (κ2) is 18.3. The number of rotatable bonds is 11. The first kappa shape index (κ1) is 41.0. The van der Waals surface area contributed by atoms with Crippen LogP contribution >= 0.6 is 11.6 Å². The molecule has 0 aliphatic carbocycles. The summed E-state index contributed by atoms with van der Waals surface area (Å²) in [7, 11) is 0. The standard InChI is InChI=1S/C47H53ClN8O5/c48-40-27-49-47(52-44(40)34-8-4-7-33(25-34)32-5-2-1-3-6-32)50-36-15-23-55(24-16-36)43(58)30-54-19-13-31(14-20-54)28-53-21-17-37(18-22-53)61-38-9-10-39-35(26-38)29-56(46(39)60)41-11-12-42(57)51-45(41)59/h1-10,25-27,31,36-37,41H,11-24,28-30H2,(H,49,50,52)(H,51,57,59). The molecule has 0 spiro atoms. The normalized spacial score (nSPS) is 21.1. The Morgan fingerprint density at radius 3 is 2.31 bits per heavy atom. The fraction of sp³-hybridized carbons (Fsp3) is 0.447. The molecule has 14 heteroatoms. The van der Waals surface area contributed by atoms with Crippen molar-refractivity contribution in [2.75, 3.05) is 57.7 Å². The molecule has 0 saturated carbocycles. The minimum absolute atomic E-state index is 0.110. The number of carbonyl (C=O) groups is 4. The Bertz CT molecular complexity index is 2250. The number of hydrogen-bond acceptors (Lipinski definition) is 10. The van der Waals surface area contributed by atoms with Gasteiger partial charge in [-0.1, -0.05) is 60.1 Å². The first-order valence-electron chi connectivity index (χ1n) is 21.8. The topological polar surface area (TPSA) is 140 Å². The quantitative estimate of drug-likeness (QED) is 0.176. The van der Waals surface area contributed by atoms with E-state index in [2.05, 4.69) is 49.7 Å². The molecule has 5 aliphatic heterocycles. The van der Waals surface area contributed by atoms with E-state index in [9.17, 15) is 19.2 Å². The minimum atomic E-state index is -0.622. The zero-order chi connectivity index (χ0) is 41.9. The highest BCUT2D eigenvalue weighted by Gasteiger charge is 2.39. The summed E-state index contributed by atoms with van der Waals surface area (Å²) in [4.78, 5) is 68.3. The number of carbonyl (C=O) groups excluding carboxylic acids is 4. The smallest absolute Gasteiger partial charge is 0.255 e. The number of imide groups is 1. The van der Waals surface area contributed by atoms with Crippen molar-refractivity contribution in [1.29, 1.82) is 0 Å². The number of nitrogens with zero attached hydrogens (tertiary/aromatic N) is 6. The lowest BCUT2D eigenvalue weighted by Crippen LogP contribution is -2.52. The van der Waals surface area contributed by atoms with E-state index in [1.54, 1.807) is 17.2 Å². The third kappa shape index (κ3) is 9.59. The Morgan fingerprint density at radius 2 is 1.54 bits per heavy atom. The first-order valence-corrected chi connectivity index (χ1v) is 22.2. The van der Waals surface area contributed by atoms with Gasteiger partial charge in [0.1, 0.15) is 17.9 Å². The Morgan fingerprint density at radius 1 is 0.803 bits per heavy atom. The molecule has 9 rings (SSSR count). The average molecular weight is 845 g/mol. The van der Waals surface area contributed by atoms with E-state index in [4.69, 9.17) is 21.3 Å². The van der Waals surface area contributed by atoms with Crippen LogP contribution in [0.25, 0.3) is 22.4 Å². The Hall–Kier alpha value is -5.37. The van der Waals surface area contributed by atoms with E-state index in [1.165, 1.54) is 0 Å². The van der Waals surface area contributed by atoms with Gasteiger partial charge < -0.3 is 24.8 Å². The molecule has 3 aromatic carbocycles. The van der Waals surface area contributed by atoms with E-state index >= 15 is 0 Å². The highest BCUT2D eigenvalue weighted by Crippen LogP contribution is 2.33. The molecular weight excluding hydrogens is 792 g/mol. The predicted molar refractivity (Wildman–Crippen MR) is 233 cm³/mol. The van der Waals surface area contributed by atoms with Gasteiger partial charge >= 0.3 is 0 Å². The van der Waals surface area contributed by atoms with Crippen molar-refractivity contribution in [2.24, 2.45) is 5.92 Å². The monoisotopic (exact) mass is 844 g/mol. The summed E-state index contributed by atoms with van der Waals surface area (Å²) in [6.45, 7) is 7.17. The van der Waals surface area contributed by atoms with Crippen molar-refractivity contribution in [3.63, 3.8) is 0 Å². The molecule has 4 aromatic rings. The van der Waals surface area contributed by atoms with Crippen LogP contribution in [-0.4, -0.2) is 124 Å². The van der Waals surface area contributed by atoms with Gasteiger partial charge in [0.15, 0.2) is 0 Å². The van der Waals surface area contributed by atoms with E-state index in [0.717, 1.165) is 99.3 Å². The molecular formula is C47H53ClN8O5. The summed E-state index contributed by atoms with van der Waals surface area (Å²) in [6.07, 6.45) is 8.10. The zero-order valence-corrected chi connectivity index (χ0v) is 35.2. The summed E-state index contributed by atoms with van der Waals surface area (Å²) in [5, 5.41) is 6.37. The van der Waals surface area contributed by atoms with Crippen molar-refractivity contribution in [2.45, 2.75) is 76.1 Å². The van der Waals surface area contributed by atoms with E-state index in [-0.39, 0.29) is 36.3 Å². The molecule has 5 aliphatic rings. The van der Waals surface area contributed by atoms with E-state index in [0.29, 0.717) is 60.7 Å². The van der Waals surface area contributed by atoms with Crippen LogP contribution < -0.4 is 15.4 Å². The van der Waals surface area contributed by atoms with Crippen LogP contribution in [0.5, 0.6) is 5.75 Å². The second-order valence-electron chi connectivity index (χ2n) is 17.2. The van der Waals surface area contributed by atoms with Gasteiger partial charge in [0.2, 0.25) is 23.7 Å². The van der Waals surface area contributed by atoms with Crippen LogP contribution in [0.4, 0.5) is 5.95 Å². The number of likely N-dealkylation sites (tertiary alicyclic amines) is 3. The minimum Gasteiger partial charge on any atom is -0.490 e. The SMILES string of the molecule is O=C1CCC(N2Cc3cc(OC4CCN(CC5CCN(CC(=O)N6CCC(Nc7ncc(Cl)c(-c8cccc(-c9ccccc9)c8)n7)CC6)CC5)CC4)ccc3C2=O)C(=O)N1. The van der Waals surface area contributed by atoms with Crippen molar-refractivity contribution in [1.82, 2.24) is 34.9 Å². The number of halogens is 1. The van der Waals surface area contributed by atoms with Crippen LogP contribution in [0, 0.1) is 5.92 Å². The molecule has 318 valence electrons. The third-order valence-electron chi connectivity index (χ3n) is 13.1. The Labute approximate surface area is 361 Å². The number of aromatic nitrogens is 2. The fourth-order valence-corrected chi connectivity index (χ4v) is 9.78. The number of benzene rings is 3. The van der Waals surface area contributed by atoms with Crippen molar-refractivity contribution >= 4 is 41.2 Å². The molecule has 4 saturated heterocycles. The predicted octanol–water partition coefficient (Wildman–Crippen LogP) is 5.88. The van der Waals surface area contributed by atoms with Crippen molar-refractivity contribution < 1.29 is 23.9 Å². The molecule has 1 atom stereocenters. The second-order valence-corrected chi connectivity index (χ2v) is 17.6. The molecule has 4 fully saturated rings. The lowest BCUT2D eigenvalue weighted by atomic mass is 9.95. The summed E-state index contributed by atoms with van der Waals surface area (Å²) in [6, 6.07) is 23.6. The number of hydrogen-bond donors (Lipinski definition) is 2. The van der Waals surface area contributed by atoms with Gasteiger partial charge in [-0.2, -0.15) is 0 Å². The van der Waals surface area contributed by atoms with E-state index in [1.807, 2.05) is 47.4 Å². The van der Waals surface area contributed by atoms with Gasteiger partial charge in [0.25, 0.3) is 5.91 Å². The average Bonchev–Trinajstić information content (AvgIpc) is 3.60. The largest absolute Gasteiger partial charge is 0.490 e. The first-order chi connectivity index (χ1) is 29.7. The van der Waals surface area contributed by atoms with Crippen molar-refractivity contribution in [3.8, 4) is 28.1 Å². The zero-order valence-electron chi connectivity index (χ0n) is 34.4. The number of ether oxygens (including phenoxy) is 1.